The molecule has 0 unspecified atom stereocenters. The molecule has 2 aliphatic rings. The van der Waals surface area contributed by atoms with Gasteiger partial charge in [0.15, 0.2) is 12.6 Å². The van der Waals surface area contributed by atoms with Gasteiger partial charge in [-0.15, -0.1) is 0 Å². The van der Waals surface area contributed by atoms with E-state index in [4.69, 9.17) is 18.9 Å². The Morgan fingerprint density at radius 1 is 1.23 bits per heavy atom. The first kappa shape index (κ1) is 13.9. The Balaban J connectivity index is 1.65. The summed E-state index contributed by atoms with van der Waals surface area (Å²) in [6, 6.07) is 9.90. The summed E-state index contributed by atoms with van der Waals surface area (Å²) in [5.41, 5.74) is 2.78. The van der Waals surface area contributed by atoms with Crippen LogP contribution in [0.25, 0.3) is 0 Å². The molecule has 0 aliphatic carbocycles. The zero-order valence-electron chi connectivity index (χ0n) is 12.5. The summed E-state index contributed by atoms with van der Waals surface area (Å²) >= 11 is 0. The average molecular weight is 302 g/mol. The largest absolute Gasteiger partial charge is 0.352 e. The first-order chi connectivity index (χ1) is 10.8. The standard InChI is InChI=1S/C16H18N2O4/c1-18-8-11-13(17-18)14-12(21-16(11)19-2)9-20-15(22-14)10-6-4-3-5-7-10/h3-8,12,14-16H,9H2,1-2H3/t12-,14-,15-,16+/m1/s1. The van der Waals surface area contributed by atoms with Crippen molar-refractivity contribution >= 4 is 0 Å². The number of hydrogen-bond donors (Lipinski definition) is 0. The molecule has 4 atom stereocenters. The van der Waals surface area contributed by atoms with Crippen molar-refractivity contribution in [3.63, 3.8) is 0 Å². The van der Waals surface area contributed by atoms with Crippen molar-refractivity contribution in [3.05, 3.63) is 53.3 Å². The highest BCUT2D eigenvalue weighted by atomic mass is 16.7. The van der Waals surface area contributed by atoms with Crippen molar-refractivity contribution in [2.75, 3.05) is 13.7 Å². The van der Waals surface area contributed by atoms with Gasteiger partial charge in [0.1, 0.15) is 17.9 Å². The minimum atomic E-state index is -0.426. The molecule has 6 nitrogen and oxygen atoms in total. The topological polar surface area (TPSA) is 54.7 Å². The minimum absolute atomic E-state index is 0.215. The van der Waals surface area contributed by atoms with Crippen LogP contribution >= 0.6 is 0 Å². The fraction of sp³-hybridized carbons (Fsp3) is 0.438. The van der Waals surface area contributed by atoms with E-state index in [-0.39, 0.29) is 12.2 Å². The van der Waals surface area contributed by atoms with E-state index in [1.807, 2.05) is 43.6 Å². The van der Waals surface area contributed by atoms with E-state index in [0.717, 1.165) is 16.8 Å². The molecule has 6 heteroatoms. The van der Waals surface area contributed by atoms with Gasteiger partial charge in [-0.1, -0.05) is 30.3 Å². The van der Waals surface area contributed by atoms with Crippen LogP contribution in [0.2, 0.25) is 0 Å². The predicted molar refractivity (Wildman–Crippen MR) is 76.8 cm³/mol. The molecule has 3 heterocycles. The number of ether oxygens (including phenoxy) is 4. The molecule has 0 amide bonds. The lowest BCUT2D eigenvalue weighted by Gasteiger charge is -2.40. The molecule has 0 N–H and O–H groups in total. The molecule has 1 aromatic carbocycles. The second kappa shape index (κ2) is 5.48. The van der Waals surface area contributed by atoms with E-state index in [9.17, 15) is 0 Å². The summed E-state index contributed by atoms with van der Waals surface area (Å²) in [5.74, 6) is 0. The van der Waals surface area contributed by atoms with Crippen molar-refractivity contribution in [3.8, 4) is 0 Å². The van der Waals surface area contributed by atoms with Crippen molar-refractivity contribution in [2.24, 2.45) is 7.05 Å². The Morgan fingerprint density at radius 2 is 2.05 bits per heavy atom. The molecule has 1 aromatic heterocycles. The Bertz CT molecular complexity index is 657. The molecule has 1 fully saturated rings. The third-order valence-electron chi connectivity index (χ3n) is 4.01. The van der Waals surface area contributed by atoms with Crippen LogP contribution in [-0.4, -0.2) is 29.6 Å². The number of rotatable bonds is 2. The molecule has 2 aromatic rings. The van der Waals surface area contributed by atoms with Gasteiger partial charge in [-0.05, 0) is 0 Å². The van der Waals surface area contributed by atoms with E-state index in [1.54, 1.807) is 11.8 Å². The SMILES string of the molecule is CO[C@H]1O[C@@H]2CO[C@@H](c3ccccc3)O[C@H]2c2nn(C)cc21. The lowest BCUT2D eigenvalue weighted by atomic mass is 10.0. The minimum Gasteiger partial charge on any atom is -0.352 e. The summed E-state index contributed by atoms with van der Waals surface area (Å²) in [6.45, 7) is 0.445. The average Bonchev–Trinajstić information content (AvgIpc) is 2.96. The van der Waals surface area contributed by atoms with Gasteiger partial charge in [-0.3, -0.25) is 4.68 Å². The number of fused-ring (bicyclic) bond motifs is 3. The van der Waals surface area contributed by atoms with E-state index in [0.29, 0.717) is 6.61 Å². The Labute approximate surface area is 128 Å². The number of aromatic nitrogens is 2. The van der Waals surface area contributed by atoms with Crippen LogP contribution in [0.5, 0.6) is 0 Å². The van der Waals surface area contributed by atoms with E-state index in [2.05, 4.69) is 5.10 Å². The highest BCUT2D eigenvalue weighted by molar-refractivity contribution is 5.26. The van der Waals surface area contributed by atoms with E-state index < -0.39 is 12.6 Å². The van der Waals surface area contributed by atoms with Crippen LogP contribution in [0.4, 0.5) is 0 Å². The normalized spacial score (nSPS) is 30.6. The second-order valence-corrected chi connectivity index (χ2v) is 5.52. The van der Waals surface area contributed by atoms with Crippen molar-refractivity contribution in [2.45, 2.75) is 24.8 Å². The zero-order valence-corrected chi connectivity index (χ0v) is 12.5. The van der Waals surface area contributed by atoms with E-state index in [1.165, 1.54) is 0 Å². The number of nitrogens with zero attached hydrogens (tertiary/aromatic N) is 2. The van der Waals surface area contributed by atoms with Crippen molar-refractivity contribution in [1.29, 1.82) is 0 Å². The highest BCUT2D eigenvalue weighted by Gasteiger charge is 2.44. The van der Waals surface area contributed by atoms with E-state index >= 15 is 0 Å². The maximum absolute atomic E-state index is 6.13. The molecule has 116 valence electrons. The zero-order chi connectivity index (χ0) is 15.1. The van der Waals surface area contributed by atoms with Gasteiger partial charge in [0.2, 0.25) is 0 Å². The first-order valence-corrected chi connectivity index (χ1v) is 7.30. The highest BCUT2D eigenvalue weighted by Crippen LogP contribution is 2.43. The van der Waals surface area contributed by atoms with Gasteiger partial charge < -0.3 is 18.9 Å². The number of benzene rings is 1. The Morgan fingerprint density at radius 3 is 2.82 bits per heavy atom. The maximum atomic E-state index is 6.13. The molecule has 0 spiro atoms. The van der Waals surface area contributed by atoms with Crippen LogP contribution in [0.3, 0.4) is 0 Å². The van der Waals surface area contributed by atoms with Gasteiger partial charge in [0, 0.05) is 25.9 Å². The summed E-state index contributed by atoms with van der Waals surface area (Å²) in [6.07, 6.45) is 0.620. The molecule has 0 saturated carbocycles. The van der Waals surface area contributed by atoms with Gasteiger partial charge in [0.05, 0.1) is 12.2 Å². The number of hydrogen-bond acceptors (Lipinski definition) is 5. The van der Waals surface area contributed by atoms with Crippen LogP contribution in [-0.2, 0) is 26.0 Å². The van der Waals surface area contributed by atoms with Gasteiger partial charge in [0.25, 0.3) is 0 Å². The van der Waals surface area contributed by atoms with Gasteiger partial charge in [-0.2, -0.15) is 5.10 Å². The lowest BCUT2D eigenvalue weighted by Crippen LogP contribution is -2.41. The summed E-state index contributed by atoms with van der Waals surface area (Å²) in [5, 5.41) is 4.54. The fourth-order valence-corrected chi connectivity index (χ4v) is 3.01. The van der Waals surface area contributed by atoms with Crippen LogP contribution in [0, 0.1) is 0 Å². The molecular weight excluding hydrogens is 284 g/mol. The lowest BCUT2D eigenvalue weighted by molar-refractivity contribution is -0.307. The molecule has 0 bridgehead atoms. The van der Waals surface area contributed by atoms with Gasteiger partial charge in [-0.25, -0.2) is 0 Å². The predicted octanol–water partition coefficient (Wildman–Crippen LogP) is 2.25. The van der Waals surface area contributed by atoms with Crippen LogP contribution in [0.1, 0.15) is 35.5 Å². The molecule has 1 saturated heterocycles. The van der Waals surface area contributed by atoms with Gasteiger partial charge >= 0.3 is 0 Å². The Hall–Kier alpha value is -1.73. The maximum Gasteiger partial charge on any atom is 0.187 e. The summed E-state index contributed by atoms with van der Waals surface area (Å²) in [7, 11) is 3.51. The number of aryl methyl sites for hydroxylation is 1. The third-order valence-corrected chi connectivity index (χ3v) is 4.01. The molecule has 22 heavy (non-hydrogen) atoms. The molecule has 2 aliphatic heterocycles. The second-order valence-electron chi connectivity index (χ2n) is 5.52. The Kier molecular flexibility index (Phi) is 3.46. The summed E-state index contributed by atoms with van der Waals surface area (Å²) < 4.78 is 25.0. The molecular formula is C16H18N2O4. The van der Waals surface area contributed by atoms with Crippen LogP contribution < -0.4 is 0 Å². The smallest absolute Gasteiger partial charge is 0.187 e. The molecule has 4 rings (SSSR count). The fourth-order valence-electron chi connectivity index (χ4n) is 3.01. The first-order valence-electron chi connectivity index (χ1n) is 7.30. The number of methoxy groups -OCH3 is 1. The van der Waals surface area contributed by atoms with Crippen molar-refractivity contribution in [1.82, 2.24) is 9.78 Å². The quantitative estimate of drug-likeness (QED) is 0.851. The van der Waals surface area contributed by atoms with Crippen LogP contribution in [0.15, 0.2) is 36.5 Å². The molecule has 0 radical (unpaired) electrons. The third kappa shape index (κ3) is 2.24. The summed E-state index contributed by atoms with van der Waals surface area (Å²) in [4.78, 5) is 0. The van der Waals surface area contributed by atoms with Crippen molar-refractivity contribution < 1.29 is 18.9 Å². The monoisotopic (exact) mass is 302 g/mol.